The number of amides is 1. The van der Waals surface area contributed by atoms with Crippen LogP contribution >= 0.6 is 11.6 Å². The molecule has 176 valence electrons. The van der Waals surface area contributed by atoms with Gasteiger partial charge in [0.2, 0.25) is 5.91 Å². The van der Waals surface area contributed by atoms with Crippen molar-refractivity contribution in [3.8, 4) is 0 Å². The van der Waals surface area contributed by atoms with Crippen molar-refractivity contribution < 1.29 is 4.79 Å². The lowest BCUT2D eigenvalue weighted by molar-refractivity contribution is -0.133. The average molecular weight is 469 g/mol. The molecule has 0 bridgehead atoms. The van der Waals surface area contributed by atoms with E-state index in [-0.39, 0.29) is 11.8 Å². The molecule has 1 amide bonds. The van der Waals surface area contributed by atoms with Gasteiger partial charge in [0.25, 0.3) is 0 Å². The van der Waals surface area contributed by atoms with Crippen LogP contribution in [0.2, 0.25) is 5.02 Å². The minimum Gasteiger partial charge on any atom is -0.353 e. The second-order valence-corrected chi connectivity index (χ2v) is 9.90. The zero-order chi connectivity index (χ0) is 22.8. The highest BCUT2D eigenvalue weighted by atomic mass is 35.5. The third kappa shape index (κ3) is 4.86. The van der Waals surface area contributed by atoms with E-state index in [4.69, 9.17) is 11.6 Å². The van der Waals surface area contributed by atoms with Gasteiger partial charge in [0, 0.05) is 75.2 Å². The third-order valence-electron chi connectivity index (χ3n) is 7.36. The quantitative estimate of drug-likeness (QED) is 0.727. The first-order valence-corrected chi connectivity index (χ1v) is 12.5. The molecular formula is C25H33ClN6O. The largest absolute Gasteiger partial charge is 0.353 e. The minimum atomic E-state index is -0.171. The SMILES string of the molecule is C[C@@H]1CCc2ncnc(N3CCN(C(=O)C(CN4CCNCC4)c4ccc(Cl)cc4)CC3)c21. The first-order valence-electron chi connectivity index (χ1n) is 12.2. The summed E-state index contributed by atoms with van der Waals surface area (Å²) in [5.74, 6) is 1.63. The molecule has 1 N–H and O–H groups in total. The molecule has 2 aliphatic heterocycles. The molecular weight excluding hydrogens is 436 g/mol. The van der Waals surface area contributed by atoms with E-state index >= 15 is 0 Å². The van der Waals surface area contributed by atoms with Gasteiger partial charge in [0.05, 0.1) is 5.92 Å². The van der Waals surface area contributed by atoms with E-state index in [2.05, 4.69) is 32.0 Å². The maximum atomic E-state index is 13.7. The number of nitrogens with zero attached hydrogens (tertiary/aromatic N) is 5. The Kier molecular flexibility index (Phi) is 6.81. The smallest absolute Gasteiger partial charge is 0.231 e. The van der Waals surface area contributed by atoms with Crippen molar-refractivity contribution in [2.24, 2.45) is 0 Å². The molecule has 2 aromatic rings. The lowest BCUT2D eigenvalue weighted by Crippen LogP contribution is -2.52. The monoisotopic (exact) mass is 468 g/mol. The summed E-state index contributed by atoms with van der Waals surface area (Å²) >= 11 is 6.13. The molecule has 33 heavy (non-hydrogen) atoms. The number of halogens is 1. The minimum absolute atomic E-state index is 0.171. The molecule has 2 saturated heterocycles. The number of carbonyl (C=O) groups is 1. The van der Waals surface area contributed by atoms with Crippen molar-refractivity contribution in [3.05, 3.63) is 52.4 Å². The summed E-state index contributed by atoms with van der Waals surface area (Å²) in [4.78, 5) is 29.7. The predicted molar refractivity (Wildman–Crippen MR) is 131 cm³/mol. The highest BCUT2D eigenvalue weighted by Crippen LogP contribution is 2.37. The molecule has 0 radical (unpaired) electrons. The average Bonchev–Trinajstić information content (AvgIpc) is 3.24. The standard InChI is InChI=1S/C25H33ClN6O/c1-18-2-7-22-23(18)24(29-17-28-22)31-12-14-32(15-13-31)25(33)21(16-30-10-8-27-9-11-30)19-3-5-20(26)6-4-19/h3-6,17-18,21,27H,2,7-16H2,1H3/t18-,21?/m1/s1. The number of nitrogens with one attached hydrogen (secondary N) is 1. The molecule has 1 aromatic carbocycles. The lowest BCUT2D eigenvalue weighted by atomic mass is 9.96. The van der Waals surface area contributed by atoms with Crippen LogP contribution in [0.15, 0.2) is 30.6 Å². The number of fused-ring (bicyclic) bond motifs is 1. The van der Waals surface area contributed by atoms with E-state index in [1.807, 2.05) is 29.2 Å². The fraction of sp³-hybridized carbons (Fsp3) is 0.560. The second kappa shape index (κ2) is 9.95. The van der Waals surface area contributed by atoms with E-state index < -0.39 is 0 Å². The van der Waals surface area contributed by atoms with Crippen LogP contribution in [-0.2, 0) is 11.2 Å². The molecule has 1 aliphatic carbocycles. The van der Waals surface area contributed by atoms with Gasteiger partial charge < -0.3 is 15.1 Å². The van der Waals surface area contributed by atoms with Gasteiger partial charge in [-0.2, -0.15) is 0 Å². The van der Waals surface area contributed by atoms with Crippen molar-refractivity contribution in [1.29, 1.82) is 0 Å². The summed E-state index contributed by atoms with van der Waals surface area (Å²) in [5, 5.41) is 4.10. The van der Waals surface area contributed by atoms with E-state index in [1.165, 1.54) is 11.3 Å². The van der Waals surface area contributed by atoms with Gasteiger partial charge in [0.15, 0.2) is 0 Å². The molecule has 1 unspecified atom stereocenters. The van der Waals surface area contributed by atoms with E-state index in [0.717, 1.165) is 83.1 Å². The number of aryl methyl sites for hydroxylation is 1. The number of hydrogen-bond donors (Lipinski definition) is 1. The number of benzene rings is 1. The highest BCUT2D eigenvalue weighted by Gasteiger charge is 2.33. The first-order chi connectivity index (χ1) is 16.1. The number of carbonyl (C=O) groups excluding carboxylic acids is 1. The van der Waals surface area contributed by atoms with E-state index in [1.54, 1.807) is 6.33 Å². The molecule has 5 rings (SSSR count). The Bertz CT molecular complexity index is 969. The van der Waals surface area contributed by atoms with Crippen LogP contribution in [0.4, 0.5) is 5.82 Å². The Balaban J connectivity index is 1.29. The summed E-state index contributed by atoms with van der Waals surface area (Å²) in [6.07, 6.45) is 3.89. The van der Waals surface area contributed by atoms with Crippen LogP contribution < -0.4 is 10.2 Å². The van der Waals surface area contributed by atoms with Crippen molar-refractivity contribution in [2.45, 2.75) is 31.6 Å². The van der Waals surface area contributed by atoms with Crippen LogP contribution in [0.3, 0.4) is 0 Å². The molecule has 0 saturated carbocycles. The normalized spacial score (nSPS) is 22.3. The van der Waals surface area contributed by atoms with E-state index in [9.17, 15) is 4.79 Å². The Morgan fingerprint density at radius 1 is 1.09 bits per heavy atom. The first kappa shape index (κ1) is 22.6. The zero-order valence-corrected chi connectivity index (χ0v) is 20.1. The van der Waals surface area contributed by atoms with Crippen molar-refractivity contribution >= 4 is 23.3 Å². The van der Waals surface area contributed by atoms with E-state index in [0.29, 0.717) is 10.9 Å². The molecule has 3 aliphatic rings. The fourth-order valence-corrected chi connectivity index (χ4v) is 5.53. The van der Waals surface area contributed by atoms with Crippen LogP contribution in [0, 0.1) is 0 Å². The van der Waals surface area contributed by atoms with Gasteiger partial charge in [-0.1, -0.05) is 30.7 Å². The number of hydrogen-bond acceptors (Lipinski definition) is 6. The zero-order valence-electron chi connectivity index (χ0n) is 19.3. The predicted octanol–water partition coefficient (Wildman–Crippen LogP) is 2.52. The number of rotatable bonds is 5. The number of anilines is 1. The van der Waals surface area contributed by atoms with Gasteiger partial charge in [-0.25, -0.2) is 9.97 Å². The van der Waals surface area contributed by atoms with Crippen LogP contribution in [0.25, 0.3) is 0 Å². The second-order valence-electron chi connectivity index (χ2n) is 9.46. The summed E-state index contributed by atoms with van der Waals surface area (Å²) in [5.41, 5.74) is 3.56. The molecule has 8 heteroatoms. The topological polar surface area (TPSA) is 64.6 Å². The van der Waals surface area contributed by atoms with Gasteiger partial charge in [0.1, 0.15) is 12.1 Å². The Labute approximate surface area is 201 Å². The Hall–Kier alpha value is -2.22. The molecule has 3 heterocycles. The van der Waals surface area contributed by atoms with Gasteiger partial charge >= 0.3 is 0 Å². The molecule has 2 fully saturated rings. The maximum absolute atomic E-state index is 13.7. The van der Waals surface area contributed by atoms with Gasteiger partial charge in [-0.05, 0) is 36.5 Å². The van der Waals surface area contributed by atoms with Crippen molar-refractivity contribution in [3.63, 3.8) is 0 Å². The fourth-order valence-electron chi connectivity index (χ4n) is 5.41. The summed E-state index contributed by atoms with van der Waals surface area (Å²) in [6.45, 7) is 9.97. The van der Waals surface area contributed by atoms with Crippen molar-refractivity contribution in [2.75, 3.05) is 63.8 Å². The van der Waals surface area contributed by atoms with Crippen LogP contribution in [0.1, 0.15) is 42.0 Å². The van der Waals surface area contributed by atoms with Gasteiger partial charge in [-0.3, -0.25) is 9.69 Å². The lowest BCUT2D eigenvalue weighted by Gasteiger charge is -2.39. The maximum Gasteiger partial charge on any atom is 0.231 e. The third-order valence-corrected chi connectivity index (χ3v) is 7.62. The van der Waals surface area contributed by atoms with Crippen molar-refractivity contribution in [1.82, 2.24) is 25.1 Å². The summed E-state index contributed by atoms with van der Waals surface area (Å²) in [6, 6.07) is 7.80. The molecule has 7 nitrogen and oxygen atoms in total. The number of aromatic nitrogens is 2. The summed E-state index contributed by atoms with van der Waals surface area (Å²) < 4.78 is 0. The highest BCUT2D eigenvalue weighted by molar-refractivity contribution is 6.30. The molecule has 1 aromatic heterocycles. The Morgan fingerprint density at radius 2 is 1.82 bits per heavy atom. The summed E-state index contributed by atoms with van der Waals surface area (Å²) in [7, 11) is 0. The van der Waals surface area contributed by atoms with Crippen LogP contribution in [-0.4, -0.2) is 84.6 Å². The van der Waals surface area contributed by atoms with Gasteiger partial charge in [-0.15, -0.1) is 0 Å². The molecule has 2 atom stereocenters. The Morgan fingerprint density at radius 3 is 2.55 bits per heavy atom. The molecule has 0 spiro atoms. The van der Waals surface area contributed by atoms with Crippen LogP contribution in [0.5, 0.6) is 0 Å². The number of piperazine rings is 2.